The van der Waals surface area contributed by atoms with Gasteiger partial charge in [0.25, 0.3) is 5.91 Å². The lowest BCUT2D eigenvalue weighted by Gasteiger charge is -2.13. The van der Waals surface area contributed by atoms with Crippen molar-refractivity contribution in [1.82, 2.24) is 25.3 Å². The van der Waals surface area contributed by atoms with Crippen LogP contribution in [0.25, 0.3) is 0 Å². The Hall–Kier alpha value is -3.94. The fraction of sp³-hybridized carbons (Fsp3) is 0.250. The fourth-order valence-electron chi connectivity index (χ4n) is 3.78. The zero-order valence-electron chi connectivity index (χ0n) is 18.1. The number of nitrogens with zero attached hydrogens (tertiary/aromatic N) is 3. The predicted molar refractivity (Wildman–Crippen MR) is 119 cm³/mol. The molecule has 0 unspecified atom stereocenters. The second-order valence-corrected chi connectivity index (χ2v) is 7.81. The van der Waals surface area contributed by atoms with E-state index in [1.165, 1.54) is 0 Å². The van der Waals surface area contributed by atoms with Crippen LogP contribution in [0.15, 0.2) is 54.6 Å². The zero-order valence-corrected chi connectivity index (χ0v) is 18.1. The molecule has 0 spiro atoms. The van der Waals surface area contributed by atoms with Gasteiger partial charge in [-0.1, -0.05) is 42.5 Å². The molecule has 1 aromatic heterocycles. The van der Waals surface area contributed by atoms with E-state index in [1.54, 1.807) is 24.3 Å². The maximum absolute atomic E-state index is 12.8. The van der Waals surface area contributed by atoms with Crippen molar-refractivity contribution in [2.75, 3.05) is 6.54 Å². The van der Waals surface area contributed by atoms with Gasteiger partial charge in [-0.3, -0.25) is 19.2 Å². The number of hydrogen-bond acceptors (Lipinski definition) is 4. The second-order valence-electron chi connectivity index (χ2n) is 7.81. The summed E-state index contributed by atoms with van der Waals surface area (Å²) in [5, 5.41) is 10.1. The summed E-state index contributed by atoms with van der Waals surface area (Å²) in [6.45, 7) is 5.12. The average Bonchev–Trinajstić information content (AvgIpc) is 3.25. The van der Waals surface area contributed by atoms with E-state index in [1.807, 2.05) is 36.7 Å². The van der Waals surface area contributed by atoms with Gasteiger partial charge in [0, 0.05) is 23.4 Å². The van der Waals surface area contributed by atoms with Gasteiger partial charge in [-0.2, -0.15) is 5.10 Å². The van der Waals surface area contributed by atoms with Crippen LogP contribution in [-0.2, 0) is 24.4 Å². The molecule has 0 bridgehead atoms. The molecule has 164 valence electrons. The van der Waals surface area contributed by atoms with E-state index in [-0.39, 0.29) is 24.9 Å². The van der Waals surface area contributed by atoms with Gasteiger partial charge in [0.1, 0.15) is 0 Å². The Bertz CT molecular complexity index is 1150. The molecule has 1 aliphatic heterocycles. The van der Waals surface area contributed by atoms with Crippen molar-refractivity contribution in [2.45, 2.75) is 33.5 Å². The molecule has 2 aromatic carbocycles. The molecule has 1 saturated heterocycles. The first-order chi connectivity index (χ1) is 15.4. The van der Waals surface area contributed by atoms with Crippen LogP contribution in [0.2, 0.25) is 0 Å². The Morgan fingerprint density at radius 2 is 1.78 bits per heavy atom. The molecule has 0 atom stereocenters. The first kappa shape index (κ1) is 21.3. The molecule has 0 aliphatic carbocycles. The molecule has 4 rings (SSSR count). The summed E-state index contributed by atoms with van der Waals surface area (Å²) in [4.78, 5) is 37.5. The van der Waals surface area contributed by atoms with Crippen LogP contribution in [0.3, 0.4) is 0 Å². The molecule has 2 N–H and O–H groups in total. The summed E-state index contributed by atoms with van der Waals surface area (Å²) < 4.78 is 1.95. The summed E-state index contributed by atoms with van der Waals surface area (Å²) >= 11 is 0. The molecule has 8 nitrogen and oxygen atoms in total. The van der Waals surface area contributed by atoms with Crippen LogP contribution >= 0.6 is 0 Å². The van der Waals surface area contributed by atoms with E-state index in [0.717, 1.165) is 27.4 Å². The first-order valence-corrected chi connectivity index (χ1v) is 10.4. The van der Waals surface area contributed by atoms with Gasteiger partial charge < -0.3 is 10.6 Å². The van der Waals surface area contributed by atoms with Crippen LogP contribution in [-0.4, -0.2) is 39.1 Å². The smallest absolute Gasteiger partial charge is 0.324 e. The minimum absolute atomic E-state index is 0.00959. The number of hydrogen-bond donors (Lipinski definition) is 2. The standard InChI is InChI=1S/C24H25N5O3/c1-16-21(17(2)29(27-16)15-18-7-4-3-5-8-18)12-25-23(31)20-10-6-9-19(11-20)14-28-22(30)13-26-24(28)32/h3-11H,12-15H2,1-2H3,(H,25,31)(H,26,32). The van der Waals surface area contributed by atoms with E-state index in [4.69, 9.17) is 0 Å². The van der Waals surface area contributed by atoms with Gasteiger partial charge in [0.05, 0.1) is 25.3 Å². The van der Waals surface area contributed by atoms with E-state index < -0.39 is 6.03 Å². The highest BCUT2D eigenvalue weighted by molar-refractivity contribution is 6.02. The minimum atomic E-state index is -0.414. The minimum Gasteiger partial charge on any atom is -0.348 e. The van der Waals surface area contributed by atoms with Crippen LogP contribution < -0.4 is 10.6 Å². The Labute approximate surface area is 186 Å². The van der Waals surface area contributed by atoms with Crippen molar-refractivity contribution in [3.8, 4) is 0 Å². The number of rotatable bonds is 7. The Morgan fingerprint density at radius 1 is 1.03 bits per heavy atom. The third-order valence-electron chi connectivity index (χ3n) is 5.60. The molecule has 1 aliphatic rings. The van der Waals surface area contributed by atoms with E-state index in [2.05, 4.69) is 27.9 Å². The fourth-order valence-corrected chi connectivity index (χ4v) is 3.78. The van der Waals surface area contributed by atoms with Crippen molar-refractivity contribution >= 4 is 17.8 Å². The molecule has 0 radical (unpaired) electrons. The quantitative estimate of drug-likeness (QED) is 0.562. The first-order valence-electron chi connectivity index (χ1n) is 10.4. The number of benzene rings is 2. The molecule has 2 heterocycles. The average molecular weight is 431 g/mol. The van der Waals surface area contributed by atoms with E-state index in [0.29, 0.717) is 24.2 Å². The molecule has 4 amide bonds. The normalized spacial score (nSPS) is 13.4. The Balaban J connectivity index is 1.42. The highest BCUT2D eigenvalue weighted by Gasteiger charge is 2.28. The number of aromatic nitrogens is 2. The number of carbonyl (C=O) groups is 3. The van der Waals surface area contributed by atoms with Gasteiger partial charge in [0.15, 0.2) is 0 Å². The van der Waals surface area contributed by atoms with Gasteiger partial charge in [-0.25, -0.2) is 4.79 Å². The summed E-state index contributed by atoms with van der Waals surface area (Å²) in [6, 6.07) is 16.6. The van der Waals surface area contributed by atoms with Crippen LogP contribution in [0.1, 0.15) is 38.4 Å². The highest BCUT2D eigenvalue weighted by atomic mass is 16.2. The lowest BCUT2D eigenvalue weighted by Crippen LogP contribution is -2.30. The highest BCUT2D eigenvalue weighted by Crippen LogP contribution is 2.16. The molecule has 0 saturated carbocycles. The van der Waals surface area contributed by atoms with Gasteiger partial charge in [-0.05, 0) is 37.1 Å². The summed E-state index contributed by atoms with van der Waals surface area (Å²) in [5.41, 5.74) is 5.23. The Morgan fingerprint density at radius 3 is 2.50 bits per heavy atom. The van der Waals surface area contributed by atoms with Crippen molar-refractivity contribution < 1.29 is 14.4 Å². The summed E-state index contributed by atoms with van der Waals surface area (Å²) in [5.74, 6) is -0.498. The molecule has 32 heavy (non-hydrogen) atoms. The maximum atomic E-state index is 12.8. The lowest BCUT2D eigenvalue weighted by molar-refractivity contribution is -0.125. The van der Waals surface area contributed by atoms with Crippen molar-refractivity contribution in [1.29, 1.82) is 0 Å². The van der Waals surface area contributed by atoms with Gasteiger partial charge >= 0.3 is 6.03 Å². The van der Waals surface area contributed by atoms with Gasteiger partial charge in [0.2, 0.25) is 5.91 Å². The number of carbonyl (C=O) groups excluding carboxylic acids is 3. The molecular formula is C24H25N5O3. The number of amides is 4. The third-order valence-corrected chi connectivity index (χ3v) is 5.60. The molecular weight excluding hydrogens is 406 g/mol. The summed E-state index contributed by atoms with van der Waals surface area (Å²) in [6.07, 6.45) is 0. The Kier molecular flexibility index (Phi) is 6.02. The van der Waals surface area contributed by atoms with Gasteiger partial charge in [-0.15, -0.1) is 0 Å². The lowest BCUT2D eigenvalue weighted by atomic mass is 10.1. The number of nitrogens with one attached hydrogen (secondary N) is 2. The van der Waals surface area contributed by atoms with Crippen molar-refractivity contribution in [3.05, 3.63) is 88.2 Å². The maximum Gasteiger partial charge on any atom is 0.324 e. The van der Waals surface area contributed by atoms with Crippen LogP contribution in [0.4, 0.5) is 4.79 Å². The third kappa shape index (κ3) is 4.54. The van der Waals surface area contributed by atoms with E-state index >= 15 is 0 Å². The van der Waals surface area contributed by atoms with E-state index in [9.17, 15) is 14.4 Å². The molecule has 3 aromatic rings. The monoisotopic (exact) mass is 431 g/mol. The largest absolute Gasteiger partial charge is 0.348 e. The summed E-state index contributed by atoms with van der Waals surface area (Å²) in [7, 11) is 0. The van der Waals surface area contributed by atoms with Crippen molar-refractivity contribution in [2.24, 2.45) is 0 Å². The van der Waals surface area contributed by atoms with Crippen LogP contribution in [0, 0.1) is 13.8 Å². The predicted octanol–water partition coefficient (Wildman–Crippen LogP) is 2.53. The number of urea groups is 1. The zero-order chi connectivity index (χ0) is 22.7. The van der Waals surface area contributed by atoms with Crippen molar-refractivity contribution in [3.63, 3.8) is 0 Å². The topological polar surface area (TPSA) is 96.3 Å². The molecule has 1 fully saturated rings. The SMILES string of the molecule is Cc1nn(Cc2ccccc2)c(C)c1CNC(=O)c1cccc(CN2C(=O)CNC2=O)c1. The van der Waals surface area contributed by atoms with Crippen LogP contribution in [0.5, 0.6) is 0 Å². The number of imide groups is 1. The second kappa shape index (κ2) is 9.05. The number of aryl methyl sites for hydroxylation is 1. The molecule has 8 heteroatoms.